The number of fused-ring (bicyclic) bond motifs is 1. The molecule has 2 amide bonds. The number of benzene rings is 2. The van der Waals surface area contributed by atoms with Gasteiger partial charge in [-0.25, -0.2) is 9.59 Å². The van der Waals surface area contributed by atoms with Gasteiger partial charge in [-0.3, -0.25) is 10.1 Å². The average molecular weight is 462 g/mol. The van der Waals surface area contributed by atoms with Crippen molar-refractivity contribution in [3.63, 3.8) is 0 Å². The molecule has 0 atom stereocenters. The molecule has 2 aliphatic rings. The van der Waals surface area contributed by atoms with Gasteiger partial charge in [0.15, 0.2) is 0 Å². The van der Waals surface area contributed by atoms with E-state index in [0.717, 1.165) is 22.4 Å². The van der Waals surface area contributed by atoms with Gasteiger partial charge in [-0.1, -0.05) is 43.3 Å². The summed E-state index contributed by atoms with van der Waals surface area (Å²) < 4.78 is 5.31. The van der Waals surface area contributed by atoms with Gasteiger partial charge in [-0.2, -0.15) is 0 Å². The molecule has 1 fully saturated rings. The van der Waals surface area contributed by atoms with E-state index in [2.05, 4.69) is 10.6 Å². The van der Waals surface area contributed by atoms with E-state index in [1.807, 2.05) is 60.4 Å². The third kappa shape index (κ3) is 5.28. The molecule has 1 saturated heterocycles. The van der Waals surface area contributed by atoms with Crippen molar-refractivity contribution in [3.8, 4) is 0 Å². The van der Waals surface area contributed by atoms with Crippen molar-refractivity contribution < 1.29 is 24.2 Å². The van der Waals surface area contributed by atoms with Crippen LogP contribution in [-0.2, 0) is 27.4 Å². The zero-order valence-corrected chi connectivity index (χ0v) is 19.0. The molecule has 0 saturated carbocycles. The molecule has 2 aromatic carbocycles. The summed E-state index contributed by atoms with van der Waals surface area (Å²) in [6, 6.07) is 15.1. The minimum Gasteiger partial charge on any atom is -0.478 e. The monoisotopic (exact) mass is 461 g/mol. The fourth-order valence-electron chi connectivity index (χ4n) is 4.21. The van der Waals surface area contributed by atoms with Gasteiger partial charge in [0.2, 0.25) is 5.91 Å². The summed E-state index contributed by atoms with van der Waals surface area (Å²) in [5.74, 6) is -1.13. The molecular formula is C26H27N3O5. The number of piperazine rings is 1. The van der Waals surface area contributed by atoms with Gasteiger partial charge in [0.25, 0.3) is 0 Å². The lowest BCUT2D eigenvalue weighted by Gasteiger charge is -2.29. The van der Waals surface area contributed by atoms with E-state index in [9.17, 15) is 19.5 Å². The summed E-state index contributed by atoms with van der Waals surface area (Å²) in [6.45, 7) is 3.55. The molecule has 1 heterocycles. The zero-order valence-electron chi connectivity index (χ0n) is 19.0. The predicted molar refractivity (Wildman–Crippen MR) is 128 cm³/mol. The Bertz CT molecular complexity index is 1170. The third-order valence-corrected chi connectivity index (χ3v) is 5.95. The Morgan fingerprint density at radius 3 is 2.68 bits per heavy atom. The van der Waals surface area contributed by atoms with E-state index in [4.69, 9.17) is 4.74 Å². The molecule has 8 nitrogen and oxygen atoms in total. The summed E-state index contributed by atoms with van der Waals surface area (Å²) in [5, 5.41) is 15.4. The first kappa shape index (κ1) is 23.1. The molecule has 0 unspecified atom stereocenters. The van der Waals surface area contributed by atoms with E-state index in [-0.39, 0.29) is 30.3 Å². The largest absolute Gasteiger partial charge is 0.478 e. The number of alkyl carbamates (subject to hydrolysis) is 1. The number of carbonyl (C=O) groups is 3. The highest BCUT2D eigenvalue weighted by Gasteiger charge is 2.25. The van der Waals surface area contributed by atoms with Crippen LogP contribution in [0.4, 0.5) is 10.5 Å². The molecule has 4 rings (SSSR count). The number of anilines is 1. The Morgan fingerprint density at radius 1 is 1.18 bits per heavy atom. The van der Waals surface area contributed by atoms with Gasteiger partial charge in [-0.15, -0.1) is 0 Å². The number of carboxylic acid groups (broad SMARTS) is 1. The second-order valence-corrected chi connectivity index (χ2v) is 8.21. The SMILES string of the molecule is CCC1=C(C(=O)O)C(NC(=O)OCc2ccccc2)=Cc2ccc(N3CCNC(=O)C3)cc2C1. The first-order valence-corrected chi connectivity index (χ1v) is 11.2. The number of ether oxygens (including phenoxy) is 1. The lowest BCUT2D eigenvalue weighted by Crippen LogP contribution is -2.47. The van der Waals surface area contributed by atoms with Crippen molar-refractivity contribution in [2.75, 3.05) is 24.5 Å². The van der Waals surface area contributed by atoms with Gasteiger partial charge in [-0.05, 0) is 53.3 Å². The maximum absolute atomic E-state index is 12.5. The first-order valence-electron chi connectivity index (χ1n) is 11.2. The smallest absolute Gasteiger partial charge is 0.411 e. The Morgan fingerprint density at radius 2 is 1.97 bits per heavy atom. The van der Waals surface area contributed by atoms with E-state index >= 15 is 0 Å². The van der Waals surface area contributed by atoms with Crippen molar-refractivity contribution in [2.45, 2.75) is 26.4 Å². The van der Waals surface area contributed by atoms with Gasteiger partial charge in [0.05, 0.1) is 17.8 Å². The number of carboxylic acids is 1. The fourth-order valence-corrected chi connectivity index (χ4v) is 4.21. The van der Waals surface area contributed by atoms with Crippen molar-refractivity contribution in [2.24, 2.45) is 0 Å². The highest BCUT2D eigenvalue weighted by molar-refractivity contribution is 5.97. The van der Waals surface area contributed by atoms with E-state index < -0.39 is 12.1 Å². The van der Waals surface area contributed by atoms with Crippen molar-refractivity contribution in [3.05, 3.63) is 82.1 Å². The second kappa shape index (κ2) is 10.2. The number of amides is 2. The molecule has 34 heavy (non-hydrogen) atoms. The van der Waals surface area contributed by atoms with Crippen LogP contribution in [0.25, 0.3) is 6.08 Å². The van der Waals surface area contributed by atoms with Crippen LogP contribution in [0.2, 0.25) is 0 Å². The molecular weight excluding hydrogens is 434 g/mol. The summed E-state index contributed by atoms with van der Waals surface area (Å²) in [6.07, 6.45) is 1.90. The number of hydrogen-bond donors (Lipinski definition) is 3. The van der Waals surface area contributed by atoms with E-state index in [0.29, 0.717) is 31.5 Å². The fraction of sp³-hybridized carbons (Fsp3) is 0.269. The maximum atomic E-state index is 12.5. The van der Waals surface area contributed by atoms with Crippen LogP contribution in [0.5, 0.6) is 0 Å². The van der Waals surface area contributed by atoms with Crippen molar-refractivity contribution in [1.82, 2.24) is 10.6 Å². The number of nitrogens with one attached hydrogen (secondary N) is 2. The Kier molecular flexibility index (Phi) is 6.96. The Hall–Kier alpha value is -4.07. The molecule has 1 aliphatic carbocycles. The summed E-state index contributed by atoms with van der Waals surface area (Å²) >= 11 is 0. The minimum atomic E-state index is -1.10. The lowest BCUT2D eigenvalue weighted by molar-refractivity contribution is -0.132. The number of aliphatic carboxylic acids is 1. The third-order valence-electron chi connectivity index (χ3n) is 5.95. The average Bonchev–Trinajstić information content (AvgIpc) is 2.99. The topological polar surface area (TPSA) is 108 Å². The molecule has 0 radical (unpaired) electrons. The Balaban J connectivity index is 1.62. The Labute approximate surface area is 197 Å². The van der Waals surface area contributed by atoms with Crippen LogP contribution in [0.3, 0.4) is 0 Å². The van der Waals surface area contributed by atoms with Crippen LogP contribution in [-0.4, -0.2) is 42.7 Å². The van der Waals surface area contributed by atoms with Crippen LogP contribution in [0, 0.1) is 0 Å². The predicted octanol–water partition coefficient (Wildman–Crippen LogP) is 3.24. The van der Waals surface area contributed by atoms with Crippen LogP contribution in [0.1, 0.15) is 30.0 Å². The molecule has 1 aliphatic heterocycles. The quantitative estimate of drug-likeness (QED) is 0.610. The molecule has 0 bridgehead atoms. The summed E-state index contributed by atoms with van der Waals surface area (Å²) in [4.78, 5) is 38.5. The van der Waals surface area contributed by atoms with Gasteiger partial charge >= 0.3 is 12.1 Å². The molecule has 0 spiro atoms. The maximum Gasteiger partial charge on any atom is 0.411 e. The molecule has 0 aromatic heterocycles. The standard InChI is InChI=1S/C26H27N3O5/c1-2-18-12-20-13-21(29-11-10-27-23(30)15-29)9-8-19(20)14-22(24(18)25(31)32)28-26(33)34-16-17-6-4-3-5-7-17/h3-9,13-14H,2,10-12,15-16H2,1H3,(H,27,30)(H,28,33)(H,31,32). The molecule has 176 valence electrons. The number of allylic oxidation sites excluding steroid dienone is 1. The summed E-state index contributed by atoms with van der Waals surface area (Å²) in [5.41, 5.74) is 4.47. The van der Waals surface area contributed by atoms with Gasteiger partial charge in [0, 0.05) is 18.8 Å². The van der Waals surface area contributed by atoms with Gasteiger partial charge < -0.3 is 20.1 Å². The second-order valence-electron chi connectivity index (χ2n) is 8.21. The molecule has 3 N–H and O–H groups in total. The van der Waals surface area contributed by atoms with E-state index in [1.165, 1.54) is 0 Å². The van der Waals surface area contributed by atoms with Crippen molar-refractivity contribution >= 4 is 29.7 Å². The number of rotatable bonds is 6. The number of carbonyl (C=O) groups excluding carboxylic acids is 2. The zero-order chi connectivity index (χ0) is 24.1. The minimum absolute atomic E-state index is 0.0242. The first-order chi connectivity index (χ1) is 16.4. The van der Waals surface area contributed by atoms with Gasteiger partial charge in [0.1, 0.15) is 6.61 Å². The highest BCUT2D eigenvalue weighted by Crippen LogP contribution is 2.31. The van der Waals surface area contributed by atoms with Crippen LogP contribution in [0.15, 0.2) is 65.4 Å². The normalized spacial score (nSPS) is 15.6. The summed E-state index contributed by atoms with van der Waals surface area (Å²) in [7, 11) is 0. The molecule has 2 aromatic rings. The molecule has 8 heteroatoms. The number of nitrogens with zero attached hydrogens (tertiary/aromatic N) is 1. The highest BCUT2D eigenvalue weighted by atomic mass is 16.5. The number of hydrogen-bond acceptors (Lipinski definition) is 5. The van der Waals surface area contributed by atoms with Crippen molar-refractivity contribution in [1.29, 1.82) is 0 Å². The lowest BCUT2D eigenvalue weighted by atomic mass is 9.97. The van der Waals surface area contributed by atoms with Crippen LogP contribution < -0.4 is 15.5 Å². The van der Waals surface area contributed by atoms with E-state index in [1.54, 1.807) is 6.08 Å². The van der Waals surface area contributed by atoms with Crippen LogP contribution >= 0.6 is 0 Å².